The van der Waals surface area contributed by atoms with Crippen molar-refractivity contribution in [2.75, 3.05) is 44.2 Å². The van der Waals surface area contributed by atoms with Gasteiger partial charge in [-0.15, -0.1) is 0 Å². The van der Waals surface area contributed by atoms with Crippen LogP contribution in [0, 0.1) is 10.1 Å². The fraction of sp³-hybridized carbons (Fsp3) is 0.583. The molecule has 1 N–H and O–H groups in total. The summed E-state index contributed by atoms with van der Waals surface area (Å²) in [4.78, 5) is 18.6. The minimum atomic E-state index is -0.469. The molecule has 7 nitrogen and oxygen atoms in total. The number of anilines is 1. The SMILES string of the molecule is O=[N+]([O-])c1ccc(N2CC(N3CCNCC3)C2)cn1. The first-order valence-corrected chi connectivity index (χ1v) is 6.54. The molecule has 2 fully saturated rings. The Bertz CT molecular complexity index is 452. The number of piperazine rings is 1. The maximum Gasteiger partial charge on any atom is 0.363 e. The number of nitrogens with one attached hydrogen (secondary N) is 1. The normalized spacial score (nSPS) is 21.2. The highest BCUT2D eigenvalue weighted by molar-refractivity contribution is 5.49. The molecule has 0 aromatic carbocycles. The third-order valence-electron chi connectivity index (χ3n) is 3.81. The van der Waals surface area contributed by atoms with Crippen molar-refractivity contribution in [2.24, 2.45) is 0 Å². The van der Waals surface area contributed by atoms with Gasteiger partial charge in [0.05, 0.1) is 5.69 Å². The number of hydrogen-bond donors (Lipinski definition) is 1. The predicted molar refractivity (Wildman–Crippen MR) is 71.3 cm³/mol. The molecule has 0 unspecified atom stereocenters. The van der Waals surface area contributed by atoms with E-state index < -0.39 is 4.92 Å². The minimum absolute atomic E-state index is 0.0945. The fourth-order valence-corrected chi connectivity index (χ4v) is 2.62. The Labute approximate surface area is 111 Å². The van der Waals surface area contributed by atoms with Crippen LogP contribution in [0.5, 0.6) is 0 Å². The molecule has 0 saturated carbocycles. The van der Waals surface area contributed by atoms with E-state index in [-0.39, 0.29) is 5.82 Å². The monoisotopic (exact) mass is 263 g/mol. The Morgan fingerprint density at radius 1 is 1.32 bits per heavy atom. The van der Waals surface area contributed by atoms with E-state index in [2.05, 4.69) is 20.1 Å². The van der Waals surface area contributed by atoms with Crippen molar-refractivity contribution in [2.45, 2.75) is 6.04 Å². The zero-order valence-electron chi connectivity index (χ0n) is 10.7. The number of hydrogen-bond acceptors (Lipinski definition) is 6. The molecule has 19 heavy (non-hydrogen) atoms. The Morgan fingerprint density at radius 3 is 2.63 bits per heavy atom. The Morgan fingerprint density at radius 2 is 2.05 bits per heavy atom. The molecule has 2 aliphatic rings. The van der Waals surface area contributed by atoms with Crippen LogP contribution in [-0.4, -0.2) is 60.1 Å². The van der Waals surface area contributed by atoms with E-state index in [0.29, 0.717) is 6.04 Å². The lowest BCUT2D eigenvalue weighted by molar-refractivity contribution is -0.389. The summed E-state index contributed by atoms with van der Waals surface area (Å²) in [6, 6.07) is 3.85. The quantitative estimate of drug-likeness (QED) is 0.615. The van der Waals surface area contributed by atoms with Gasteiger partial charge in [0.1, 0.15) is 0 Å². The van der Waals surface area contributed by atoms with E-state index >= 15 is 0 Å². The number of nitro groups is 1. The molecular formula is C12H17N5O2. The topological polar surface area (TPSA) is 74.5 Å². The maximum absolute atomic E-state index is 10.5. The standard InChI is InChI=1S/C12H17N5O2/c18-17(19)12-2-1-10(7-14-12)16-8-11(9-16)15-5-3-13-4-6-15/h1-2,7,11,13H,3-6,8-9H2. The van der Waals surface area contributed by atoms with Crippen LogP contribution < -0.4 is 10.2 Å². The third-order valence-corrected chi connectivity index (χ3v) is 3.81. The molecular weight excluding hydrogens is 246 g/mol. The van der Waals surface area contributed by atoms with Crippen LogP contribution in [0.15, 0.2) is 18.3 Å². The van der Waals surface area contributed by atoms with Crippen molar-refractivity contribution in [3.05, 3.63) is 28.4 Å². The van der Waals surface area contributed by atoms with E-state index in [1.807, 2.05) is 0 Å². The van der Waals surface area contributed by atoms with Crippen molar-refractivity contribution >= 4 is 11.5 Å². The van der Waals surface area contributed by atoms with E-state index in [4.69, 9.17) is 0 Å². The zero-order valence-corrected chi connectivity index (χ0v) is 10.7. The summed E-state index contributed by atoms with van der Waals surface area (Å²) < 4.78 is 0. The van der Waals surface area contributed by atoms with Gasteiger partial charge in [-0.25, -0.2) is 0 Å². The van der Waals surface area contributed by atoms with Gasteiger partial charge >= 0.3 is 5.82 Å². The summed E-state index contributed by atoms with van der Waals surface area (Å²) in [5, 5.41) is 13.9. The summed E-state index contributed by atoms with van der Waals surface area (Å²) >= 11 is 0. The maximum atomic E-state index is 10.5. The van der Waals surface area contributed by atoms with Crippen LogP contribution in [-0.2, 0) is 0 Å². The second-order valence-corrected chi connectivity index (χ2v) is 4.98. The number of rotatable bonds is 3. The highest BCUT2D eigenvalue weighted by Crippen LogP contribution is 2.24. The molecule has 1 aromatic rings. The van der Waals surface area contributed by atoms with Crippen molar-refractivity contribution in [3.63, 3.8) is 0 Å². The van der Waals surface area contributed by atoms with Crippen LogP contribution in [0.1, 0.15) is 0 Å². The molecule has 2 aliphatic heterocycles. The summed E-state index contributed by atoms with van der Waals surface area (Å²) in [6.45, 7) is 6.32. The van der Waals surface area contributed by atoms with Crippen LogP contribution in [0.25, 0.3) is 0 Å². The molecule has 7 heteroatoms. The second kappa shape index (κ2) is 5.10. The molecule has 2 saturated heterocycles. The highest BCUT2D eigenvalue weighted by atomic mass is 16.6. The highest BCUT2D eigenvalue weighted by Gasteiger charge is 2.33. The smallest absolute Gasteiger partial charge is 0.363 e. The molecule has 1 aromatic heterocycles. The van der Waals surface area contributed by atoms with Gasteiger partial charge in [0.25, 0.3) is 0 Å². The lowest BCUT2D eigenvalue weighted by atomic mass is 10.1. The number of pyridine rings is 1. The van der Waals surface area contributed by atoms with E-state index in [1.165, 1.54) is 6.07 Å². The first-order valence-electron chi connectivity index (χ1n) is 6.54. The molecule has 0 bridgehead atoms. The van der Waals surface area contributed by atoms with Gasteiger partial charge < -0.3 is 20.3 Å². The van der Waals surface area contributed by atoms with Crippen molar-refractivity contribution in [1.29, 1.82) is 0 Å². The average molecular weight is 263 g/mol. The minimum Gasteiger partial charge on any atom is -0.365 e. The molecule has 0 aliphatic carbocycles. The summed E-state index contributed by atoms with van der Waals surface area (Å²) in [5.41, 5.74) is 0.969. The molecule has 3 heterocycles. The molecule has 102 valence electrons. The van der Waals surface area contributed by atoms with Crippen molar-refractivity contribution < 1.29 is 4.92 Å². The van der Waals surface area contributed by atoms with Crippen molar-refractivity contribution in [1.82, 2.24) is 15.2 Å². The van der Waals surface area contributed by atoms with E-state index in [9.17, 15) is 10.1 Å². The first kappa shape index (κ1) is 12.3. The van der Waals surface area contributed by atoms with Crippen LogP contribution in [0.3, 0.4) is 0 Å². The van der Waals surface area contributed by atoms with E-state index in [1.54, 1.807) is 12.3 Å². The first-order chi connectivity index (χ1) is 9.24. The Kier molecular flexibility index (Phi) is 3.31. The summed E-state index contributed by atoms with van der Waals surface area (Å²) in [6.07, 6.45) is 1.59. The Balaban J connectivity index is 1.56. The van der Waals surface area contributed by atoms with Gasteiger partial charge in [-0.1, -0.05) is 0 Å². The number of aromatic nitrogens is 1. The predicted octanol–water partition coefficient (Wildman–Crippen LogP) is 0.0836. The van der Waals surface area contributed by atoms with Gasteiger partial charge in [-0.2, -0.15) is 0 Å². The second-order valence-electron chi connectivity index (χ2n) is 4.98. The summed E-state index contributed by atoms with van der Waals surface area (Å²) in [7, 11) is 0. The number of nitrogens with zero attached hydrogens (tertiary/aromatic N) is 4. The van der Waals surface area contributed by atoms with Gasteiger partial charge in [0.15, 0.2) is 6.20 Å². The summed E-state index contributed by atoms with van der Waals surface area (Å²) in [5.74, 6) is -0.0945. The van der Waals surface area contributed by atoms with E-state index in [0.717, 1.165) is 45.0 Å². The van der Waals surface area contributed by atoms with Crippen LogP contribution in [0.4, 0.5) is 11.5 Å². The zero-order chi connectivity index (χ0) is 13.2. The third kappa shape index (κ3) is 2.52. The molecule has 3 rings (SSSR count). The Hall–Kier alpha value is -1.73. The van der Waals surface area contributed by atoms with Crippen molar-refractivity contribution in [3.8, 4) is 0 Å². The molecule has 0 spiro atoms. The lowest BCUT2D eigenvalue weighted by Gasteiger charge is -2.47. The largest absolute Gasteiger partial charge is 0.365 e. The average Bonchev–Trinajstić information content (AvgIpc) is 2.39. The molecule has 0 radical (unpaired) electrons. The van der Waals surface area contributed by atoms with Gasteiger partial charge in [0, 0.05) is 51.4 Å². The van der Waals surface area contributed by atoms with Crippen LogP contribution >= 0.6 is 0 Å². The van der Waals surface area contributed by atoms with Crippen LogP contribution in [0.2, 0.25) is 0 Å². The lowest BCUT2D eigenvalue weighted by Crippen LogP contribution is -2.62. The van der Waals surface area contributed by atoms with Gasteiger partial charge in [-0.3, -0.25) is 4.90 Å². The van der Waals surface area contributed by atoms with Gasteiger partial charge in [0.2, 0.25) is 0 Å². The molecule has 0 atom stereocenters. The molecule has 0 amide bonds. The van der Waals surface area contributed by atoms with Gasteiger partial charge in [-0.05, 0) is 16.0 Å². The fourth-order valence-electron chi connectivity index (χ4n) is 2.62.